The van der Waals surface area contributed by atoms with Gasteiger partial charge in [-0.3, -0.25) is 0 Å². The molecule has 3 nitrogen and oxygen atoms in total. The summed E-state index contributed by atoms with van der Waals surface area (Å²) in [5.41, 5.74) is 1.70. The van der Waals surface area contributed by atoms with Crippen LogP contribution in [0.3, 0.4) is 0 Å². The van der Waals surface area contributed by atoms with Crippen LogP contribution in [0.25, 0.3) is 10.8 Å². The smallest absolute Gasteiger partial charge is 0.744 e. The molecule has 2 aromatic carbocycles. The fourth-order valence-electron chi connectivity index (χ4n) is 3.64. The molecule has 2 aromatic rings. The van der Waals surface area contributed by atoms with Crippen LogP contribution in [0.1, 0.15) is 76.3 Å². The van der Waals surface area contributed by atoms with Crippen LogP contribution in [0.5, 0.6) is 0 Å². The van der Waals surface area contributed by atoms with Crippen molar-refractivity contribution in [2.24, 2.45) is 0 Å². The summed E-state index contributed by atoms with van der Waals surface area (Å²) in [5, 5.41) is 2.04. The zero-order valence-corrected chi connectivity index (χ0v) is 21.0. The van der Waals surface area contributed by atoms with Crippen molar-refractivity contribution in [2.45, 2.75) is 83.0 Å². The first-order valence-electron chi connectivity index (χ1n) is 9.98. The molecule has 0 aliphatic heterocycles. The van der Waals surface area contributed by atoms with Gasteiger partial charge >= 0.3 is 51.4 Å². The summed E-state index contributed by atoms with van der Waals surface area (Å²) in [7, 11) is -4.48. The number of hydrogen-bond acceptors (Lipinski definition) is 3. The fourth-order valence-corrected chi connectivity index (χ4v) is 4.44. The maximum absolute atomic E-state index is 12.0. The van der Waals surface area contributed by atoms with Gasteiger partial charge in [0.05, 0.1) is 4.90 Å². The zero-order valence-electron chi connectivity index (χ0n) is 17.1. The number of aryl methyl sites for hydroxylation is 2. The second-order valence-corrected chi connectivity index (χ2v) is 8.48. The van der Waals surface area contributed by atoms with Crippen LogP contribution in [-0.4, -0.2) is 13.0 Å². The van der Waals surface area contributed by atoms with Crippen molar-refractivity contribution in [3.05, 3.63) is 41.5 Å². The van der Waals surface area contributed by atoms with Gasteiger partial charge in [-0.1, -0.05) is 76.6 Å². The van der Waals surface area contributed by atoms with Crippen molar-refractivity contribution in [1.29, 1.82) is 0 Å². The Morgan fingerprint density at radius 2 is 1.37 bits per heavy atom. The van der Waals surface area contributed by atoms with Gasteiger partial charge in [-0.2, -0.15) is 0 Å². The van der Waals surface area contributed by atoms with Gasteiger partial charge in [-0.15, -0.1) is 0 Å². The Morgan fingerprint density at radius 1 is 0.815 bits per heavy atom. The van der Waals surface area contributed by atoms with Crippen LogP contribution in [0.2, 0.25) is 0 Å². The Kier molecular flexibility index (Phi) is 11.9. The van der Waals surface area contributed by atoms with Crippen LogP contribution < -0.4 is 51.4 Å². The molecule has 0 aromatic heterocycles. The zero-order chi connectivity index (χ0) is 19.0. The summed E-state index contributed by atoms with van der Waals surface area (Å²) < 4.78 is 35.9. The molecule has 0 aliphatic carbocycles. The summed E-state index contributed by atoms with van der Waals surface area (Å²) in [6.45, 7) is 4.32. The van der Waals surface area contributed by atoms with Crippen LogP contribution >= 0.6 is 0 Å². The maximum atomic E-state index is 12.0. The van der Waals surface area contributed by atoms with Gasteiger partial charge in [-0.05, 0) is 53.6 Å². The largest absolute Gasteiger partial charge is 1.00 e. The van der Waals surface area contributed by atoms with Gasteiger partial charge in [0, 0.05) is 0 Å². The molecule has 0 radical (unpaired) electrons. The van der Waals surface area contributed by atoms with Crippen molar-refractivity contribution in [1.82, 2.24) is 0 Å². The average Bonchev–Trinajstić information content (AvgIpc) is 2.62. The fraction of sp³-hybridized carbons (Fsp3) is 0.545. The van der Waals surface area contributed by atoms with E-state index in [4.69, 9.17) is 0 Å². The van der Waals surface area contributed by atoms with Gasteiger partial charge in [-0.25, -0.2) is 8.42 Å². The summed E-state index contributed by atoms with van der Waals surface area (Å²) in [6, 6.07) is 9.60. The van der Waals surface area contributed by atoms with E-state index in [2.05, 4.69) is 19.9 Å². The molecule has 0 fully saturated rings. The quantitative estimate of drug-likeness (QED) is 0.323. The Balaban J connectivity index is 0.00000364. The van der Waals surface area contributed by atoms with Crippen LogP contribution in [0.15, 0.2) is 35.2 Å². The summed E-state index contributed by atoms with van der Waals surface area (Å²) >= 11 is 0. The van der Waals surface area contributed by atoms with Gasteiger partial charge < -0.3 is 4.55 Å². The molecular weight excluding hydrogens is 383 g/mol. The van der Waals surface area contributed by atoms with E-state index in [0.717, 1.165) is 67.7 Å². The molecule has 5 heteroatoms. The third-order valence-electron chi connectivity index (χ3n) is 5.05. The third kappa shape index (κ3) is 7.54. The number of hydrogen-bond donors (Lipinski definition) is 0. The molecular formula is C22H31KO3S. The number of fused-ring (bicyclic) bond motifs is 1. The minimum absolute atomic E-state index is 0. The third-order valence-corrected chi connectivity index (χ3v) is 5.95. The Hall–Kier alpha value is 0.246. The Bertz CT molecular complexity index is 816. The molecule has 144 valence electrons. The normalized spacial score (nSPS) is 11.5. The van der Waals surface area contributed by atoms with Crippen LogP contribution in [0, 0.1) is 0 Å². The van der Waals surface area contributed by atoms with Crippen molar-refractivity contribution < 1.29 is 64.4 Å². The molecule has 0 amide bonds. The minimum Gasteiger partial charge on any atom is -0.744 e. The SMILES string of the molecule is CCCCCCc1cc(S(=O)(=O)[O-])c(CCCCCC)c2ccccc12.[K+]. The maximum Gasteiger partial charge on any atom is 1.00 e. The van der Waals surface area contributed by atoms with Crippen molar-refractivity contribution in [3.63, 3.8) is 0 Å². The molecule has 0 unspecified atom stereocenters. The molecule has 0 saturated heterocycles. The second-order valence-electron chi connectivity index (χ2n) is 7.13. The molecule has 0 spiro atoms. The van der Waals surface area contributed by atoms with Crippen molar-refractivity contribution in [3.8, 4) is 0 Å². The summed E-state index contributed by atoms with van der Waals surface area (Å²) in [5.74, 6) is 0. The monoisotopic (exact) mass is 414 g/mol. The Morgan fingerprint density at radius 3 is 1.93 bits per heavy atom. The summed E-state index contributed by atoms with van der Waals surface area (Å²) in [6.07, 6.45) is 10.2. The van der Waals surface area contributed by atoms with Crippen molar-refractivity contribution >= 4 is 20.9 Å². The van der Waals surface area contributed by atoms with Gasteiger partial charge in [0.1, 0.15) is 10.1 Å². The number of rotatable bonds is 11. The molecule has 27 heavy (non-hydrogen) atoms. The standard InChI is InChI=1S/C22H32O3S.K/c1-3-5-7-9-13-18-17-22(26(23,24)25)21(16-10-8-6-4-2)20-15-12-11-14-19(18)20;/h11-12,14-15,17H,3-10,13,16H2,1-2H3,(H,23,24,25);/q;+1/p-1. The van der Waals surface area contributed by atoms with E-state index in [0.29, 0.717) is 12.0 Å². The van der Waals surface area contributed by atoms with Crippen molar-refractivity contribution in [2.75, 3.05) is 0 Å². The van der Waals surface area contributed by atoms with Crippen LogP contribution in [0.4, 0.5) is 0 Å². The first kappa shape index (κ1) is 25.3. The topological polar surface area (TPSA) is 57.2 Å². The number of benzene rings is 2. The second kappa shape index (κ2) is 12.7. The molecule has 0 bridgehead atoms. The van der Waals surface area contributed by atoms with E-state index < -0.39 is 10.1 Å². The molecule has 0 aliphatic rings. The predicted molar refractivity (Wildman–Crippen MR) is 108 cm³/mol. The summed E-state index contributed by atoms with van der Waals surface area (Å²) in [4.78, 5) is -0.00168. The first-order chi connectivity index (χ1) is 12.5. The van der Waals surface area contributed by atoms with Gasteiger partial charge in [0.2, 0.25) is 0 Å². The molecule has 0 atom stereocenters. The average molecular weight is 415 g/mol. The van der Waals surface area contributed by atoms with E-state index in [9.17, 15) is 13.0 Å². The molecule has 0 N–H and O–H groups in total. The van der Waals surface area contributed by atoms with Gasteiger partial charge in [0.15, 0.2) is 0 Å². The van der Waals surface area contributed by atoms with Crippen LogP contribution in [-0.2, 0) is 23.0 Å². The first-order valence-corrected chi connectivity index (χ1v) is 11.4. The van der Waals surface area contributed by atoms with E-state index in [1.807, 2.05) is 18.2 Å². The Labute approximate surface area is 207 Å². The minimum atomic E-state index is -4.48. The van der Waals surface area contributed by atoms with E-state index >= 15 is 0 Å². The van der Waals surface area contributed by atoms with E-state index in [1.54, 1.807) is 6.07 Å². The molecule has 0 saturated carbocycles. The van der Waals surface area contributed by atoms with E-state index in [1.165, 1.54) is 6.42 Å². The molecule has 0 heterocycles. The number of unbranched alkanes of at least 4 members (excludes halogenated alkanes) is 6. The van der Waals surface area contributed by atoms with E-state index in [-0.39, 0.29) is 56.3 Å². The molecule has 2 rings (SSSR count). The van der Waals surface area contributed by atoms with Gasteiger partial charge in [0.25, 0.3) is 0 Å². The predicted octanol–water partition coefficient (Wildman–Crippen LogP) is 2.99.